The van der Waals surface area contributed by atoms with E-state index in [4.69, 9.17) is 4.42 Å². The van der Waals surface area contributed by atoms with E-state index in [1.54, 1.807) is 36.4 Å². The van der Waals surface area contributed by atoms with Gasteiger partial charge in [0.05, 0.1) is 6.26 Å². The fourth-order valence-corrected chi connectivity index (χ4v) is 2.69. The van der Waals surface area contributed by atoms with Crippen LogP contribution >= 0.6 is 0 Å². The van der Waals surface area contributed by atoms with Gasteiger partial charge < -0.3 is 15.1 Å². The Labute approximate surface area is 164 Å². The normalized spacial score (nSPS) is 11.1. The lowest BCUT2D eigenvalue weighted by molar-refractivity contribution is -0.117. The Morgan fingerprint density at radius 3 is 2.29 bits per heavy atom. The summed E-state index contributed by atoms with van der Waals surface area (Å²) in [4.78, 5) is 25.1. The number of benzene rings is 2. The van der Waals surface area contributed by atoms with Gasteiger partial charge in [0.25, 0.3) is 11.8 Å². The first-order chi connectivity index (χ1) is 13.7. The predicted molar refractivity (Wildman–Crippen MR) is 108 cm³/mol. The Kier molecular flexibility index (Phi) is 6.79. The summed E-state index contributed by atoms with van der Waals surface area (Å²) in [5.41, 5.74) is 1.84. The molecule has 0 saturated heterocycles. The monoisotopic (exact) mass is 374 g/mol. The fraction of sp³-hybridized carbons (Fsp3) is 0.130. The molecule has 0 aliphatic heterocycles. The van der Waals surface area contributed by atoms with E-state index in [-0.39, 0.29) is 17.5 Å². The molecule has 0 aliphatic carbocycles. The van der Waals surface area contributed by atoms with Crippen LogP contribution in [-0.2, 0) is 11.2 Å². The highest BCUT2D eigenvalue weighted by Gasteiger charge is 2.14. The van der Waals surface area contributed by atoms with Crippen LogP contribution in [0.5, 0.6) is 0 Å². The Morgan fingerprint density at radius 2 is 1.61 bits per heavy atom. The van der Waals surface area contributed by atoms with Gasteiger partial charge in [-0.3, -0.25) is 9.59 Å². The van der Waals surface area contributed by atoms with Gasteiger partial charge in [0.1, 0.15) is 11.5 Å². The number of amides is 2. The van der Waals surface area contributed by atoms with Crippen molar-refractivity contribution in [3.8, 4) is 0 Å². The molecule has 0 radical (unpaired) electrons. The van der Waals surface area contributed by atoms with E-state index in [2.05, 4.69) is 22.8 Å². The van der Waals surface area contributed by atoms with Crippen molar-refractivity contribution in [2.45, 2.75) is 12.8 Å². The van der Waals surface area contributed by atoms with Crippen molar-refractivity contribution in [1.29, 1.82) is 0 Å². The standard InChI is InChI=1S/C23H22N2O3/c26-22(19-12-5-2-6-13-19)25-21(17-20-14-8-16-28-20)23(27)24-15-7-11-18-9-3-1-4-10-18/h1-6,8-10,12-14,16-17H,7,11,15H2,(H,24,27)(H,25,26)/b21-17-. The second-order valence-electron chi connectivity index (χ2n) is 6.24. The van der Waals surface area contributed by atoms with Gasteiger partial charge in [0.15, 0.2) is 0 Å². The third kappa shape index (κ3) is 5.71. The molecular formula is C23H22N2O3. The van der Waals surface area contributed by atoms with E-state index >= 15 is 0 Å². The number of rotatable bonds is 8. The highest BCUT2D eigenvalue weighted by atomic mass is 16.3. The summed E-state index contributed by atoms with van der Waals surface area (Å²) in [6, 6.07) is 22.3. The van der Waals surface area contributed by atoms with Crippen molar-refractivity contribution < 1.29 is 14.0 Å². The highest BCUT2D eigenvalue weighted by molar-refractivity contribution is 6.05. The highest BCUT2D eigenvalue weighted by Crippen LogP contribution is 2.08. The number of carbonyl (C=O) groups is 2. The van der Waals surface area contributed by atoms with Gasteiger partial charge in [-0.25, -0.2) is 0 Å². The lowest BCUT2D eigenvalue weighted by atomic mass is 10.1. The molecule has 3 rings (SSSR count). The van der Waals surface area contributed by atoms with E-state index in [0.29, 0.717) is 17.9 Å². The van der Waals surface area contributed by atoms with Gasteiger partial charge in [-0.15, -0.1) is 0 Å². The summed E-state index contributed by atoms with van der Waals surface area (Å²) in [5, 5.41) is 5.54. The second kappa shape index (κ2) is 9.92. The SMILES string of the molecule is O=C(NCCCc1ccccc1)/C(=C/c1ccco1)NC(=O)c1ccccc1. The van der Waals surface area contributed by atoms with Crippen molar-refractivity contribution in [3.63, 3.8) is 0 Å². The summed E-state index contributed by atoms with van der Waals surface area (Å²) in [6.07, 6.45) is 4.71. The Hall–Kier alpha value is -3.60. The number of furan rings is 1. The average molecular weight is 374 g/mol. The molecule has 0 unspecified atom stereocenters. The van der Waals surface area contributed by atoms with Crippen LogP contribution < -0.4 is 10.6 Å². The minimum absolute atomic E-state index is 0.142. The van der Waals surface area contributed by atoms with Gasteiger partial charge in [-0.1, -0.05) is 48.5 Å². The minimum atomic E-state index is -0.353. The molecule has 5 heteroatoms. The quantitative estimate of drug-likeness (QED) is 0.465. The average Bonchev–Trinajstić information content (AvgIpc) is 3.25. The fourth-order valence-electron chi connectivity index (χ4n) is 2.69. The maximum absolute atomic E-state index is 12.6. The van der Waals surface area contributed by atoms with Crippen molar-refractivity contribution >= 4 is 17.9 Å². The molecule has 0 aliphatic rings. The molecule has 0 saturated carbocycles. The third-order valence-corrected chi connectivity index (χ3v) is 4.13. The number of aryl methyl sites for hydroxylation is 1. The van der Waals surface area contributed by atoms with Crippen LogP contribution in [0.25, 0.3) is 6.08 Å². The lowest BCUT2D eigenvalue weighted by Crippen LogP contribution is -2.35. The topological polar surface area (TPSA) is 71.3 Å². The van der Waals surface area contributed by atoms with Crippen molar-refractivity contribution in [1.82, 2.24) is 10.6 Å². The van der Waals surface area contributed by atoms with Gasteiger partial charge in [-0.05, 0) is 42.7 Å². The molecule has 2 aromatic carbocycles. The minimum Gasteiger partial charge on any atom is -0.465 e. The lowest BCUT2D eigenvalue weighted by Gasteiger charge is -2.11. The molecule has 2 N–H and O–H groups in total. The summed E-state index contributed by atoms with van der Waals surface area (Å²) in [6.45, 7) is 0.504. The van der Waals surface area contributed by atoms with Crippen LogP contribution in [0.15, 0.2) is 89.2 Å². The molecule has 1 heterocycles. The molecule has 0 spiro atoms. The molecule has 5 nitrogen and oxygen atoms in total. The van der Waals surface area contributed by atoms with E-state index in [1.165, 1.54) is 17.9 Å². The smallest absolute Gasteiger partial charge is 0.267 e. The van der Waals surface area contributed by atoms with Crippen LogP contribution in [0.3, 0.4) is 0 Å². The maximum atomic E-state index is 12.6. The predicted octanol–water partition coefficient (Wildman–Crippen LogP) is 3.80. The van der Waals surface area contributed by atoms with E-state index in [1.807, 2.05) is 24.3 Å². The first kappa shape index (κ1) is 19.2. The Morgan fingerprint density at radius 1 is 0.893 bits per heavy atom. The summed E-state index contributed by atoms with van der Waals surface area (Å²) in [5.74, 6) is -0.214. The molecular weight excluding hydrogens is 352 g/mol. The zero-order chi connectivity index (χ0) is 19.6. The van der Waals surface area contributed by atoms with Gasteiger partial charge in [-0.2, -0.15) is 0 Å². The summed E-state index contributed by atoms with van der Waals surface area (Å²) in [7, 11) is 0. The van der Waals surface area contributed by atoms with Crippen LogP contribution in [0, 0.1) is 0 Å². The number of carbonyl (C=O) groups excluding carboxylic acids is 2. The van der Waals surface area contributed by atoms with Gasteiger partial charge >= 0.3 is 0 Å². The van der Waals surface area contributed by atoms with Crippen molar-refractivity contribution in [3.05, 3.63) is 102 Å². The first-order valence-electron chi connectivity index (χ1n) is 9.16. The first-order valence-corrected chi connectivity index (χ1v) is 9.16. The zero-order valence-electron chi connectivity index (χ0n) is 15.4. The van der Waals surface area contributed by atoms with E-state index < -0.39 is 0 Å². The number of hydrogen-bond donors (Lipinski definition) is 2. The molecule has 3 aromatic rings. The molecule has 142 valence electrons. The van der Waals surface area contributed by atoms with Gasteiger partial charge in [0.2, 0.25) is 0 Å². The molecule has 0 fully saturated rings. The Balaban J connectivity index is 1.61. The van der Waals surface area contributed by atoms with Crippen LogP contribution in [-0.4, -0.2) is 18.4 Å². The van der Waals surface area contributed by atoms with Crippen LogP contribution in [0.1, 0.15) is 28.1 Å². The zero-order valence-corrected chi connectivity index (χ0v) is 15.4. The van der Waals surface area contributed by atoms with E-state index in [0.717, 1.165) is 12.8 Å². The van der Waals surface area contributed by atoms with Crippen LogP contribution in [0.4, 0.5) is 0 Å². The largest absolute Gasteiger partial charge is 0.465 e. The summed E-state index contributed by atoms with van der Waals surface area (Å²) < 4.78 is 5.28. The molecule has 0 bridgehead atoms. The molecule has 1 aromatic heterocycles. The molecule has 28 heavy (non-hydrogen) atoms. The Bertz CT molecular complexity index is 917. The van der Waals surface area contributed by atoms with Crippen molar-refractivity contribution in [2.24, 2.45) is 0 Å². The van der Waals surface area contributed by atoms with Crippen LogP contribution in [0.2, 0.25) is 0 Å². The van der Waals surface area contributed by atoms with E-state index in [9.17, 15) is 9.59 Å². The third-order valence-electron chi connectivity index (χ3n) is 4.13. The van der Waals surface area contributed by atoms with Crippen molar-refractivity contribution in [2.75, 3.05) is 6.54 Å². The number of hydrogen-bond acceptors (Lipinski definition) is 3. The maximum Gasteiger partial charge on any atom is 0.267 e. The second-order valence-corrected chi connectivity index (χ2v) is 6.24. The molecule has 0 atom stereocenters. The van der Waals surface area contributed by atoms with Gasteiger partial charge in [0, 0.05) is 18.2 Å². The molecule has 2 amide bonds. The summed E-state index contributed by atoms with van der Waals surface area (Å²) >= 11 is 0. The number of nitrogens with one attached hydrogen (secondary N) is 2.